The molecule has 0 atom stereocenters. The normalized spacial score (nSPS) is 11.2. The molecule has 182 valence electrons. The maximum Gasteiger partial charge on any atom is 0.242 e. The number of halogens is 1. The van der Waals surface area contributed by atoms with Gasteiger partial charge >= 0.3 is 0 Å². The van der Waals surface area contributed by atoms with Crippen LogP contribution in [0.5, 0.6) is 0 Å². The van der Waals surface area contributed by atoms with Crippen molar-refractivity contribution < 1.29 is 14.0 Å². The van der Waals surface area contributed by atoms with Gasteiger partial charge in [0.15, 0.2) is 0 Å². The average molecular weight is 466 g/mol. The second-order valence-corrected chi connectivity index (χ2v) is 9.32. The first-order chi connectivity index (χ1) is 16.4. The Balaban J connectivity index is 1.76. The summed E-state index contributed by atoms with van der Waals surface area (Å²) in [6.45, 7) is 7.65. The van der Waals surface area contributed by atoms with E-state index in [4.69, 9.17) is 0 Å². The van der Waals surface area contributed by atoms with Crippen LogP contribution in [0, 0.1) is 11.7 Å². The van der Waals surface area contributed by atoms with Crippen LogP contribution >= 0.6 is 0 Å². The van der Waals surface area contributed by atoms with Crippen LogP contribution in [0.4, 0.5) is 4.39 Å². The van der Waals surface area contributed by atoms with Crippen LogP contribution in [0.25, 0.3) is 10.9 Å². The number of carbonyl (C=O) groups is 2. The first-order valence-electron chi connectivity index (χ1n) is 12.2. The van der Waals surface area contributed by atoms with Gasteiger partial charge in [0.1, 0.15) is 5.82 Å². The molecule has 2 aromatic carbocycles. The van der Waals surface area contributed by atoms with Gasteiger partial charge < -0.3 is 14.8 Å². The molecule has 0 aliphatic rings. The van der Waals surface area contributed by atoms with Gasteiger partial charge in [-0.3, -0.25) is 9.59 Å². The summed E-state index contributed by atoms with van der Waals surface area (Å²) in [5, 5.41) is 1.15. The van der Waals surface area contributed by atoms with E-state index >= 15 is 0 Å². The van der Waals surface area contributed by atoms with Crippen molar-refractivity contribution in [3.8, 4) is 0 Å². The predicted molar refractivity (Wildman–Crippen MR) is 135 cm³/mol. The van der Waals surface area contributed by atoms with Crippen molar-refractivity contribution in [3.05, 3.63) is 71.7 Å². The first kappa shape index (κ1) is 25.5. The zero-order valence-electron chi connectivity index (χ0n) is 20.5. The summed E-state index contributed by atoms with van der Waals surface area (Å²) in [6, 6.07) is 14.4. The third-order valence-corrected chi connectivity index (χ3v) is 6.01. The van der Waals surface area contributed by atoms with Gasteiger partial charge in [-0.2, -0.15) is 0 Å². The lowest BCUT2D eigenvalue weighted by Gasteiger charge is -2.28. The lowest BCUT2D eigenvalue weighted by Crippen LogP contribution is -2.44. The van der Waals surface area contributed by atoms with Crippen molar-refractivity contribution in [2.75, 3.05) is 19.6 Å². The number of nitrogens with zero attached hydrogens (tertiary/aromatic N) is 2. The summed E-state index contributed by atoms with van der Waals surface area (Å²) in [7, 11) is 0. The van der Waals surface area contributed by atoms with Crippen LogP contribution in [-0.4, -0.2) is 46.2 Å². The molecule has 1 heterocycles. The molecule has 0 saturated heterocycles. The number of amides is 2. The highest BCUT2D eigenvalue weighted by Crippen LogP contribution is 2.19. The molecule has 5 nitrogen and oxygen atoms in total. The molecule has 34 heavy (non-hydrogen) atoms. The van der Waals surface area contributed by atoms with Crippen molar-refractivity contribution in [2.45, 2.75) is 53.0 Å². The van der Waals surface area contributed by atoms with E-state index in [2.05, 4.69) is 18.0 Å². The SMILES string of the molecule is CCCCN(CC(=O)N(CCc1c[nH]c2ccccc12)Cc1ccc(F)cc1)C(=O)CC(C)C. The van der Waals surface area contributed by atoms with Gasteiger partial charge in [0.25, 0.3) is 0 Å². The third kappa shape index (κ3) is 7.17. The number of benzene rings is 2. The second kappa shape index (κ2) is 12.4. The van der Waals surface area contributed by atoms with Gasteiger partial charge in [0.2, 0.25) is 11.8 Å². The summed E-state index contributed by atoms with van der Waals surface area (Å²) in [4.78, 5) is 33.0. The Morgan fingerprint density at radius 1 is 0.971 bits per heavy atom. The molecule has 0 fully saturated rings. The van der Waals surface area contributed by atoms with Crippen molar-refractivity contribution in [1.29, 1.82) is 0 Å². The zero-order valence-corrected chi connectivity index (χ0v) is 20.5. The molecular formula is C28H36FN3O2. The number of carbonyl (C=O) groups excluding carboxylic acids is 2. The number of unbranched alkanes of at least 4 members (excludes halogenated alkanes) is 1. The lowest BCUT2D eigenvalue weighted by molar-refractivity contribution is -0.141. The predicted octanol–water partition coefficient (Wildman–Crippen LogP) is 5.55. The highest BCUT2D eigenvalue weighted by molar-refractivity contribution is 5.85. The molecule has 0 radical (unpaired) electrons. The first-order valence-corrected chi connectivity index (χ1v) is 12.2. The fourth-order valence-corrected chi connectivity index (χ4v) is 4.08. The Labute approximate surface area is 201 Å². The molecule has 0 spiro atoms. The quantitative estimate of drug-likeness (QED) is 0.381. The highest BCUT2D eigenvalue weighted by Gasteiger charge is 2.22. The van der Waals surface area contributed by atoms with E-state index in [0.717, 1.165) is 34.9 Å². The second-order valence-electron chi connectivity index (χ2n) is 9.32. The third-order valence-electron chi connectivity index (χ3n) is 6.01. The maximum atomic E-state index is 13.5. The molecule has 3 aromatic rings. The number of para-hydroxylation sites is 1. The number of nitrogens with one attached hydrogen (secondary N) is 1. The van der Waals surface area contributed by atoms with E-state index in [0.29, 0.717) is 32.5 Å². The molecule has 2 amide bonds. The number of H-pyrrole nitrogens is 1. The highest BCUT2D eigenvalue weighted by atomic mass is 19.1. The van der Waals surface area contributed by atoms with Gasteiger partial charge in [0.05, 0.1) is 6.54 Å². The molecule has 0 saturated carbocycles. The van der Waals surface area contributed by atoms with E-state index in [-0.39, 0.29) is 30.1 Å². The lowest BCUT2D eigenvalue weighted by atomic mass is 10.1. The Bertz CT molecular complexity index is 1070. The summed E-state index contributed by atoms with van der Waals surface area (Å²) in [5.41, 5.74) is 3.08. The Morgan fingerprint density at radius 2 is 1.71 bits per heavy atom. The Morgan fingerprint density at radius 3 is 2.41 bits per heavy atom. The average Bonchev–Trinajstić information content (AvgIpc) is 3.23. The maximum absolute atomic E-state index is 13.5. The fourth-order valence-electron chi connectivity index (χ4n) is 4.08. The molecule has 0 aliphatic carbocycles. The number of hydrogen-bond acceptors (Lipinski definition) is 2. The van der Waals surface area contributed by atoms with Crippen LogP contribution in [0.15, 0.2) is 54.7 Å². The van der Waals surface area contributed by atoms with Crippen molar-refractivity contribution in [2.24, 2.45) is 5.92 Å². The van der Waals surface area contributed by atoms with E-state index < -0.39 is 0 Å². The van der Waals surface area contributed by atoms with Gasteiger partial charge in [0, 0.05) is 43.2 Å². The molecule has 6 heteroatoms. The molecule has 0 bridgehead atoms. The summed E-state index contributed by atoms with van der Waals surface area (Å²) in [5.74, 6) is -0.123. The van der Waals surface area contributed by atoms with Crippen LogP contribution < -0.4 is 0 Å². The summed E-state index contributed by atoms with van der Waals surface area (Å²) < 4.78 is 13.4. The van der Waals surface area contributed by atoms with Gasteiger partial charge in [-0.25, -0.2) is 4.39 Å². The van der Waals surface area contributed by atoms with Crippen molar-refractivity contribution >= 4 is 22.7 Å². The van der Waals surface area contributed by atoms with Crippen LogP contribution in [0.2, 0.25) is 0 Å². The van der Waals surface area contributed by atoms with Gasteiger partial charge in [-0.1, -0.05) is 57.5 Å². The minimum Gasteiger partial charge on any atom is -0.361 e. The fraction of sp³-hybridized carbons (Fsp3) is 0.429. The number of fused-ring (bicyclic) bond motifs is 1. The molecule has 0 aliphatic heterocycles. The topological polar surface area (TPSA) is 56.4 Å². The monoisotopic (exact) mass is 465 g/mol. The molecule has 1 aromatic heterocycles. The smallest absolute Gasteiger partial charge is 0.242 e. The number of rotatable bonds is 12. The number of aromatic amines is 1. The van der Waals surface area contributed by atoms with Crippen molar-refractivity contribution in [3.63, 3.8) is 0 Å². The van der Waals surface area contributed by atoms with E-state index in [1.807, 2.05) is 38.2 Å². The van der Waals surface area contributed by atoms with Crippen LogP contribution in [0.1, 0.15) is 51.2 Å². The van der Waals surface area contributed by atoms with E-state index in [1.165, 1.54) is 12.1 Å². The molecule has 3 rings (SSSR count). The summed E-state index contributed by atoms with van der Waals surface area (Å²) in [6.07, 6.45) is 4.94. The van der Waals surface area contributed by atoms with Gasteiger partial charge in [-0.15, -0.1) is 0 Å². The number of aromatic nitrogens is 1. The van der Waals surface area contributed by atoms with Crippen LogP contribution in [0.3, 0.4) is 0 Å². The number of hydrogen-bond donors (Lipinski definition) is 1. The minimum atomic E-state index is -0.301. The zero-order chi connectivity index (χ0) is 24.5. The van der Waals surface area contributed by atoms with Crippen LogP contribution in [-0.2, 0) is 22.6 Å². The van der Waals surface area contributed by atoms with Crippen molar-refractivity contribution in [1.82, 2.24) is 14.8 Å². The minimum absolute atomic E-state index is 0.0233. The molecule has 1 N–H and O–H groups in total. The molecule has 0 unspecified atom stereocenters. The summed E-state index contributed by atoms with van der Waals surface area (Å²) >= 11 is 0. The van der Waals surface area contributed by atoms with Gasteiger partial charge in [-0.05, 0) is 48.1 Å². The Hall–Kier alpha value is -3.15. The Kier molecular flexibility index (Phi) is 9.25. The largest absolute Gasteiger partial charge is 0.361 e. The van der Waals surface area contributed by atoms with E-state index in [9.17, 15) is 14.0 Å². The standard InChI is InChI=1S/C28H36FN3O2/c1-4-5-15-31(27(33)17-21(2)3)20-28(34)32(19-22-10-12-24(29)13-11-22)16-14-23-18-30-26-9-7-6-8-25(23)26/h6-13,18,21,30H,4-5,14-17,19-20H2,1-3H3. The molecular weight excluding hydrogens is 429 g/mol. The van der Waals surface area contributed by atoms with E-state index in [1.54, 1.807) is 21.9 Å².